The van der Waals surface area contributed by atoms with Crippen molar-refractivity contribution < 1.29 is 0 Å². The summed E-state index contributed by atoms with van der Waals surface area (Å²) in [5.41, 5.74) is 5.46. The summed E-state index contributed by atoms with van der Waals surface area (Å²) in [4.78, 5) is 8.97. The standard InChI is InChI=1S/C22H15N3/c1-3-8-19-16(6-1)17(11-13-23-19)21-10-5-15-25(21)22-12-14-24-20-9-4-2-7-18(20)22/h1-15H. The number of hydrogen-bond acceptors (Lipinski definition) is 2. The Morgan fingerprint density at radius 1 is 0.600 bits per heavy atom. The third-order valence-corrected chi connectivity index (χ3v) is 4.56. The molecule has 3 aromatic heterocycles. The van der Waals surface area contributed by atoms with E-state index in [4.69, 9.17) is 0 Å². The van der Waals surface area contributed by atoms with E-state index in [1.165, 1.54) is 5.56 Å². The second-order valence-electron chi connectivity index (χ2n) is 5.99. The van der Waals surface area contributed by atoms with E-state index in [1.54, 1.807) is 0 Å². The lowest BCUT2D eigenvalue weighted by Gasteiger charge is -2.13. The van der Waals surface area contributed by atoms with Crippen LogP contribution in [-0.4, -0.2) is 14.5 Å². The highest BCUT2D eigenvalue weighted by atomic mass is 15.0. The topological polar surface area (TPSA) is 30.7 Å². The minimum Gasteiger partial charge on any atom is -0.316 e. The van der Waals surface area contributed by atoms with Gasteiger partial charge in [0.25, 0.3) is 0 Å². The Hall–Kier alpha value is -3.46. The van der Waals surface area contributed by atoms with Crippen molar-refractivity contribution in [1.29, 1.82) is 0 Å². The smallest absolute Gasteiger partial charge is 0.0723 e. The van der Waals surface area contributed by atoms with E-state index in [1.807, 2.05) is 36.7 Å². The van der Waals surface area contributed by atoms with E-state index >= 15 is 0 Å². The van der Waals surface area contributed by atoms with E-state index in [9.17, 15) is 0 Å². The van der Waals surface area contributed by atoms with Crippen LogP contribution in [0.15, 0.2) is 91.4 Å². The van der Waals surface area contributed by atoms with E-state index < -0.39 is 0 Å². The van der Waals surface area contributed by atoms with Crippen molar-refractivity contribution in [2.75, 3.05) is 0 Å². The molecule has 0 aliphatic carbocycles. The molecule has 0 bridgehead atoms. The molecule has 0 saturated heterocycles. The molecule has 3 heteroatoms. The summed E-state index contributed by atoms with van der Waals surface area (Å²) < 4.78 is 2.23. The summed E-state index contributed by atoms with van der Waals surface area (Å²) in [7, 11) is 0. The van der Waals surface area contributed by atoms with Crippen LogP contribution >= 0.6 is 0 Å². The Morgan fingerprint density at radius 2 is 1.28 bits per heavy atom. The van der Waals surface area contributed by atoms with Crippen LogP contribution in [0.5, 0.6) is 0 Å². The summed E-state index contributed by atoms with van der Waals surface area (Å²) in [6.07, 6.45) is 5.85. The van der Waals surface area contributed by atoms with Crippen LogP contribution in [0.3, 0.4) is 0 Å². The average molecular weight is 321 g/mol. The first kappa shape index (κ1) is 13.9. The van der Waals surface area contributed by atoms with Gasteiger partial charge in [0, 0.05) is 34.9 Å². The predicted octanol–water partition coefficient (Wildman–Crippen LogP) is 5.24. The zero-order valence-electron chi connectivity index (χ0n) is 13.5. The van der Waals surface area contributed by atoms with Crippen molar-refractivity contribution in [3.63, 3.8) is 0 Å². The molecule has 5 aromatic rings. The molecule has 0 spiro atoms. The quantitative estimate of drug-likeness (QED) is 0.445. The van der Waals surface area contributed by atoms with E-state index in [-0.39, 0.29) is 0 Å². The number of para-hydroxylation sites is 2. The van der Waals surface area contributed by atoms with Crippen molar-refractivity contribution >= 4 is 21.8 Å². The predicted molar refractivity (Wildman–Crippen MR) is 102 cm³/mol. The monoisotopic (exact) mass is 321 g/mol. The Morgan fingerprint density at radius 3 is 2.12 bits per heavy atom. The van der Waals surface area contributed by atoms with Crippen LogP contribution in [-0.2, 0) is 0 Å². The number of benzene rings is 2. The van der Waals surface area contributed by atoms with Crippen LogP contribution in [0.4, 0.5) is 0 Å². The number of pyridine rings is 2. The number of aromatic nitrogens is 3. The maximum Gasteiger partial charge on any atom is 0.0723 e. The summed E-state index contributed by atoms with van der Waals surface area (Å²) in [5.74, 6) is 0. The van der Waals surface area contributed by atoms with Crippen LogP contribution < -0.4 is 0 Å². The number of fused-ring (bicyclic) bond motifs is 2. The maximum absolute atomic E-state index is 4.48. The Balaban J connectivity index is 1.80. The Bertz CT molecular complexity index is 1100. The number of rotatable bonds is 2. The van der Waals surface area contributed by atoms with Crippen molar-refractivity contribution in [2.24, 2.45) is 0 Å². The van der Waals surface area contributed by atoms with E-state index in [2.05, 4.69) is 69.3 Å². The van der Waals surface area contributed by atoms with Gasteiger partial charge in [0.15, 0.2) is 0 Å². The first-order chi connectivity index (χ1) is 12.4. The third-order valence-electron chi connectivity index (χ3n) is 4.56. The van der Waals surface area contributed by atoms with Gasteiger partial charge >= 0.3 is 0 Å². The fourth-order valence-corrected chi connectivity index (χ4v) is 3.42. The zero-order valence-corrected chi connectivity index (χ0v) is 13.5. The summed E-state index contributed by atoms with van der Waals surface area (Å²) in [6.45, 7) is 0. The molecule has 118 valence electrons. The van der Waals surface area contributed by atoms with Gasteiger partial charge in [-0.1, -0.05) is 36.4 Å². The van der Waals surface area contributed by atoms with Crippen molar-refractivity contribution in [1.82, 2.24) is 14.5 Å². The number of nitrogens with zero attached hydrogens (tertiary/aromatic N) is 3. The lowest BCUT2D eigenvalue weighted by atomic mass is 10.1. The zero-order chi connectivity index (χ0) is 16.6. The highest BCUT2D eigenvalue weighted by Gasteiger charge is 2.11. The van der Waals surface area contributed by atoms with Gasteiger partial charge in [-0.2, -0.15) is 0 Å². The molecule has 3 heterocycles. The maximum atomic E-state index is 4.48. The molecule has 25 heavy (non-hydrogen) atoms. The molecule has 0 unspecified atom stereocenters. The van der Waals surface area contributed by atoms with Crippen LogP contribution in [0.25, 0.3) is 38.8 Å². The van der Waals surface area contributed by atoms with Crippen LogP contribution in [0.1, 0.15) is 0 Å². The summed E-state index contributed by atoms with van der Waals surface area (Å²) in [6, 6.07) is 24.9. The summed E-state index contributed by atoms with van der Waals surface area (Å²) in [5, 5.41) is 2.30. The molecule has 0 atom stereocenters. The second-order valence-corrected chi connectivity index (χ2v) is 5.99. The lowest BCUT2D eigenvalue weighted by molar-refractivity contribution is 1.10. The van der Waals surface area contributed by atoms with Gasteiger partial charge in [0.05, 0.1) is 22.4 Å². The molecule has 0 aliphatic rings. The molecule has 0 radical (unpaired) electrons. The fourth-order valence-electron chi connectivity index (χ4n) is 3.42. The molecule has 3 nitrogen and oxygen atoms in total. The van der Waals surface area contributed by atoms with Crippen LogP contribution in [0, 0.1) is 0 Å². The average Bonchev–Trinajstić information content (AvgIpc) is 3.16. The second kappa shape index (κ2) is 5.56. The van der Waals surface area contributed by atoms with Gasteiger partial charge in [-0.25, -0.2) is 0 Å². The molecule has 5 rings (SSSR count). The minimum atomic E-state index is 0.999. The van der Waals surface area contributed by atoms with E-state index in [0.29, 0.717) is 0 Å². The van der Waals surface area contributed by atoms with Crippen molar-refractivity contribution in [3.8, 4) is 16.9 Å². The first-order valence-electron chi connectivity index (χ1n) is 8.27. The van der Waals surface area contributed by atoms with Crippen LogP contribution in [0.2, 0.25) is 0 Å². The summed E-state index contributed by atoms with van der Waals surface area (Å²) >= 11 is 0. The van der Waals surface area contributed by atoms with Crippen molar-refractivity contribution in [3.05, 3.63) is 91.4 Å². The third kappa shape index (κ3) is 2.21. The number of hydrogen-bond donors (Lipinski definition) is 0. The van der Waals surface area contributed by atoms with Crippen molar-refractivity contribution in [2.45, 2.75) is 0 Å². The minimum absolute atomic E-state index is 0.999. The Kier molecular flexibility index (Phi) is 3.10. The lowest BCUT2D eigenvalue weighted by Crippen LogP contribution is -1.98. The molecule has 0 saturated carbocycles. The molecule has 0 amide bonds. The van der Waals surface area contributed by atoms with Gasteiger partial charge in [-0.3, -0.25) is 9.97 Å². The van der Waals surface area contributed by atoms with Gasteiger partial charge in [-0.15, -0.1) is 0 Å². The molecule has 0 aliphatic heterocycles. The highest BCUT2D eigenvalue weighted by Crippen LogP contribution is 2.31. The van der Waals surface area contributed by atoms with Gasteiger partial charge < -0.3 is 4.57 Å². The fraction of sp³-hybridized carbons (Fsp3) is 0. The Labute approximate surface area is 145 Å². The van der Waals surface area contributed by atoms with Gasteiger partial charge in [0.1, 0.15) is 0 Å². The molecular weight excluding hydrogens is 306 g/mol. The van der Waals surface area contributed by atoms with Gasteiger partial charge in [0.2, 0.25) is 0 Å². The molecular formula is C22H15N3. The normalized spacial score (nSPS) is 11.2. The van der Waals surface area contributed by atoms with E-state index in [0.717, 1.165) is 33.2 Å². The largest absolute Gasteiger partial charge is 0.316 e. The van der Waals surface area contributed by atoms with Gasteiger partial charge in [-0.05, 0) is 36.4 Å². The molecule has 2 aromatic carbocycles. The molecule has 0 fully saturated rings. The highest BCUT2D eigenvalue weighted by molar-refractivity contribution is 5.95. The SMILES string of the molecule is c1ccc2c(-c3cccn3-c3ccnc4ccccc34)ccnc2c1. The molecule has 0 N–H and O–H groups in total. The first-order valence-corrected chi connectivity index (χ1v) is 8.27.